The van der Waals surface area contributed by atoms with E-state index >= 15 is 0 Å². The first-order valence-electron chi connectivity index (χ1n) is 6.96. The summed E-state index contributed by atoms with van der Waals surface area (Å²) in [5.41, 5.74) is 1.73. The maximum atomic E-state index is 11.9. The number of carbonyl (C=O) groups is 2. The molecule has 1 aromatic carbocycles. The third-order valence-corrected chi connectivity index (χ3v) is 3.10. The number of urea groups is 1. The molecule has 0 heterocycles. The van der Waals surface area contributed by atoms with Gasteiger partial charge in [-0.05, 0) is 24.5 Å². The Labute approximate surface area is 119 Å². The second kappa shape index (κ2) is 8.19. The van der Waals surface area contributed by atoms with Crippen molar-refractivity contribution in [3.8, 4) is 0 Å². The van der Waals surface area contributed by atoms with Crippen LogP contribution in [0.25, 0.3) is 0 Å². The number of aliphatic carboxylic acids is 1. The van der Waals surface area contributed by atoms with Crippen LogP contribution in [0.2, 0.25) is 0 Å². The predicted molar refractivity (Wildman–Crippen MR) is 78.9 cm³/mol. The Morgan fingerprint density at radius 2 is 1.95 bits per heavy atom. The van der Waals surface area contributed by atoms with Crippen molar-refractivity contribution in [1.82, 2.24) is 5.32 Å². The zero-order chi connectivity index (χ0) is 15.0. The molecule has 3 N–H and O–H groups in total. The van der Waals surface area contributed by atoms with Gasteiger partial charge in [-0.25, -0.2) is 9.59 Å². The number of carboxylic acids is 1. The van der Waals surface area contributed by atoms with Crippen molar-refractivity contribution in [2.75, 3.05) is 5.32 Å². The van der Waals surface area contributed by atoms with E-state index in [4.69, 9.17) is 5.11 Å². The van der Waals surface area contributed by atoms with Gasteiger partial charge in [-0.2, -0.15) is 0 Å². The minimum atomic E-state index is -1.00. The Balaban J connectivity index is 2.63. The molecule has 0 aliphatic rings. The average Bonchev–Trinajstić information content (AvgIpc) is 2.43. The number of aryl methyl sites for hydroxylation is 1. The molecule has 0 fully saturated rings. The van der Waals surface area contributed by atoms with Crippen LogP contribution in [0, 0.1) is 0 Å². The standard InChI is InChI=1S/C15H22N2O3/c1-3-5-9-13(14(18)19)17-15(20)16-12-10-7-6-8-11(12)4-2/h6-8,10,13H,3-5,9H2,1-2H3,(H,18,19)(H2,16,17,20)/t13-/m0/s1. The van der Waals surface area contributed by atoms with Gasteiger partial charge in [0.1, 0.15) is 6.04 Å². The van der Waals surface area contributed by atoms with Crippen molar-refractivity contribution in [3.05, 3.63) is 29.8 Å². The van der Waals surface area contributed by atoms with E-state index in [0.717, 1.165) is 24.8 Å². The molecular weight excluding hydrogens is 256 g/mol. The molecule has 0 aliphatic heterocycles. The number of para-hydroxylation sites is 1. The smallest absolute Gasteiger partial charge is 0.326 e. The topological polar surface area (TPSA) is 78.4 Å². The third-order valence-electron chi connectivity index (χ3n) is 3.10. The van der Waals surface area contributed by atoms with Gasteiger partial charge in [-0.15, -0.1) is 0 Å². The summed E-state index contributed by atoms with van der Waals surface area (Å²) < 4.78 is 0. The van der Waals surface area contributed by atoms with Gasteiger partial charge in [0.25, 0.3) is 0 Å². The van der Waals surface area contributed by atoms with Gasteiger partial charge >= 0.3 is 12.0 Å². The number of carboxylic acid groups (broad SMARTS) is 1. The molecule has 0 saturated heterocycles. The van der Waals surface area contributed by atoms with Crippen LogP contribution in [0.1, 0.15) is 38.7 Å². The highest BCUT2D eigenvalue weighted by Crippen LogP contribution is 2.15. The molecule has 5 nitrogen and oxygen atoms in total. The Morgan fingerprint density at radius 1 is 1.25 bits per heavy atom. The lowest BCUT2D eigenvalue weighted by Crippen LogP contribution is -2.43. The molecule has 0 saturated carbocycles. The normalized spacial score (nSPS) is 11.7. The van der Waals surface area contributed by atoms with Crippen molar-refractivity contribution in [2.24, 2.45) is 0 Å². The van der Waals surface area contributed by atoms with Gasteiger partial charge in [0.2, 0.25) is 0 Å². The van der Waals surface area contributed by atoms with E-state index < -0.39 is 18.0 Å². The summed E-state index contributed by atoms with van der Waals surface area (Å²) in [6.07, 6.45) is 2.90. The van der Waals surface area contributed by atoms with Crippen molar-refractivity contribution < 1.29 is 14.7 Å². The van der Waals surface area contributed by atoms with Crippen molar-refractivity contribution in [3.63, 3.8) is 0 Å². The summed E-state index contributed by atoms with van der Waals surface area (Å²) in [5.74, 6) is -1.00. The van der Waals surface area contributed by atoms with Gasteiger partial charge in [-0.1, -0.05) is 44.9 Å². The van der Waals surface area contributed by atoms with Gasteiger partial charge < -0.3 is 15.7 Å². The highest BCUT2D eigenvalue weighted by Gasteiger charge is 2.19. The van der Waals surface area contributed by atoms with Gasteiger partial charge in [-0.3, -0.25) is 0 Å². The van der Waals surface area contributed by atoms with E-state index in [0.29, 0.717) is 12.1 Å². The largest absolute Gasteiger partial charge is 0.480 e. The first kappa shape index (κ1) is 16.0. The monoisotopic (exact) mass is 278 g/mol. The van der Waals surface area contributed by atoms with Crippen LogP contribution in [0.15, 0.2) is 24.3 Å². The molecule has 5 heteroatoms. The maximum Gasteiger partial charge on any atom is 0.326 e. The number of nitrogens with one attached hydrogen (secondary N) is 2. The third kappa shape index (κ3) is 4.91. The van der Waals surface area contributed by atoms with Crippen molar-refractivity contribution in [2.45, 2.75) is 45.6 Å². The van der Waals surface area contributed by atoms with E-state index in [1.165, 1.54) is 0 Å². The molecule has 20 heavy (non-hydrogen) atoms. The molecule has 0 spiro atoms. The minimum absolute atomic E-state index is 0.439. The summed E-state index contributed by atoms with van der Waals surface area (Å²) in [6, 6.07) is 6.16. The zero-order valence-corrected chi connectivity index (χ0v) is 12.0. The summed E-state index contributed by atoms with van der Waals surface area (Å²) >= 11 is 0. The Kier molecular flexibility index (Phi) is 6.56. The number of amides is 2. The molecule has 0 radical (unpaired) electrons. The van der Waals surface area contributed by atoms with E-state index in [2.05, 4.69) is 10.6 Å². The summed E-state index contributed by atoms with van der Waals surface area (Å²) in [6.45, 7) is 3.98. The average molecular weight is 278 g/mol. The fraction of sp³-hybridized carbons (Fsp3) is 0.467. The quantitative estimate of drug-likeness (QED) is 0.717. The van der Waals surface area contributed by atoms with Crippen LogP contribution in [-0.4, -0.2) is 23.1 Å². The lowest BCUT2D eigenvalue weighted by Gasteiger charge is -2.16. The molecular formula is C15H22N2O3. The Bertz CT molecular complexity index is 460. The van der Waals surface area contributed by atoms with Crippen LogP contribution >= 0.6 is 0 Å². The number of anilines is 1. The fourth-order valence-corrected chi connectivity index (χ4v) is 1.93. The molecule has 1 aromatic rings. The predicted octanol–water partition coefficient (Wildman–Crippen LogP) is 3.01. The second-order valence-corrected chi connectivity index (χ2v) is 4.64. The summed E-state index contributed by atoms with van der Waals surface area (Å²) in [5, 5.41) is 14.3. The molecule has 2 amide bonds. The first-order chi connectivity index (χ1) is 9.58. The first-order valence-corrected chi connectivity index (χ1v) is 6.96. The summed E-state index contributed by atoms with van der Waals surface area (Å²) in [7, 11) is 0. The molecule has 110 valence electrons. The van der Waals surface area contributed by atoms with Crippen molar-refractivity contribution >= 4 is 17.7 Å². The van der Waals surface area contributed by atoms with Crippen LogP contribution in [0.3, 0.4) is 0 Å². The number of unbranched alkanes of at least 4 members (excludes halogenated alkanes) is 1. The number of benzene rings is 1. The van der Waals surface area contributed by atoms with Crippen LogP contribution in [-0.2, 0) is 11.2 Å². The number of hydrogen-bond acceptors (Lipinski definition) is 2. The molecule has 0 aliphatic carbocycles. The highest BCUT2D eigenvalue weighted by molar-refractivity contribution is 5.92. The number of rotatable bonds is 7. The fourth-order valence-electron chi connectivity index (χ4n) is 1.93. The zero-order valence-electron chi connectivity index (χ0n) is 12.0. The summed E-state index contributed by atoms with van der Waals surface area (Å²) in [4.78, 5) is 22.9. The molecule has 0 aromatic heterocycles. The van der Waals surface area contributed by atoms with E-state index in [-0.39, 0.29) is 0 Å². The maximum absolute atomic E-state index is 11.9. The molecule has 1 rings (SSSR count). The van der Waals surface area contributed by atoms with Crippen LogP contribution in [0.4, 0.5) is 10.5 Å². The molecule has 0 bridgehead atoms. The van der Waals surface area contributed by atoms with Crippen LogP contribution in [0.5, 0.6) is 0 Å². The second-order valence-electron chi connectivity index (χ2n) is 4.64. The lowest BCUT2D eigenvalue weighted by molar-refractivity contribution is -0.139. The van der Waals surface area contributed by atoms with Gasteiger partial charge in [0.05, 0.1) is 0 Å². The van der Waals surface area contributed by atoms with Crippen molar-refractivity contribution in [1.29, 1.82) is 0 Å². The van der Waals surface area contributed by atoms with Gasteiger partial charge in [0.15, 0.2) is 0 Å². The lowest BCUT2D eigenvalue weighted by atomic mass is 10.1. The molecule has 0 unspecified atom stereocenters. The SMILES string of the molecule is CCCC[C@H](NC(=O)Nc1ccccc1CC)C(=O)O. The molecule has 1 atom stereocenters. The van der Waals surface area contributed by atoms with Gasteiger partial charge in [0, 0.05) is 5.69 Å². The van der Waals surface area contributed by atoms with Crippen LogP contribution < -0.4 is 10.6 Å². The number of hydrogen-bond donors (Lipinski definition) is 3. The Hall–Kier alpha value is -2.04. The Morgan fingerprint density at radius 3 is 2.55 bits per heavy atom. The highest BCUT2D eigenvalue weighted by atomic mass is 16.4. The van der Waals surface area contributed by atoms with E-state index in [1.807, 2.05) is 32.0 Å². The van der Waals surface area contributed by atoms with E-state index in [9.17, 15) is 9.59 Å². The minimum Gasteiger partial charge on any atom is -0.480 e. The van der Waals surface area contributed by atoms with E-state index in [1.54, 1.807) is 6.07 Å². The number of carbonyl (C=O) groups excluding carboxylic acids is 1.